The van der Waals surface area contributed by atoms with Crippen LogP contribution in [0, 0.1) is 17.8 Å². The molecular formula is C36H46N2O4S. The lowest BCUT2D eigenvalue weighted by atomic mass is 9.84. The van der Waals surface area contributed by atoms with Gasteiger partial charge in [0.25, 0.3) is 0 Å². The SMILES string of the molecule is CC[C@H](C)[C@H](N)C(=O)C[C@@H](CSC(c1ccccc1)(c1ccccc1)c1ccccc1)C(=O)N[C@H](C(=O)OC)[C@@H](C)CC. The second-order valence-corrected chi connectivity index (χ2v) is 12.5. The van der Waals surface area contributed by atoms with Crippen LogP contribution in [-0.4, -0.2) is 42.6 Å². The van der Waals surface area contributed by atoms with Crippen molar-refractivity contribution in [3.63, 3.8) is 0 Å². The van der Waals surface area contributed by atoms with Gasteiger partial charge in [0.2, 0.25) is 5.91 Å². The van der Waals surface area contributed by atoms with Crippen LogP contribution in [0.25, 0.3) is 0 Å². The Bertz CT molecular complexity index is 1210. The number of methoxy groups -OCH3 is 1. The van der Waals surface area contributed by atoms with Crippen molar-refractivity contribution in [3.8, 4) is 0 Å². The monoisotopic (exact) mass is 602 g/mol. The van der Waals surface area contributed by atoms with E-state index in [0.717, 1.165) is 23.1 Å². The van der Waals surface area contributed by atoms with Crippen molar-refractivity contribution in [1.29, 1.82) is 0 Å². The molecule has 5 atom stereocenters. The van der Waals surface area contributed by atoms with Crippen LogP contribution in [0.2, 0.25) is 0 Å². The lowest BCUT2D eigenvalue weighted by Crippen LogP contribution is -2.49. The number of benzene rings is 3. The number of esters is 1. The molecule has 7 heteroatoms. The molecule has 0 saturated carbocycles. The normalized spacial score (nSPS) is 15.0. The Morgan fingerprint density at radius 3 is 1.63 bits per heavy atom. The van der Waals surface area contributed by atoms with Gasteiger partial charge >= 0.3 is 5.97 Å². The molecule has 0 saturated heterocycles. The predicted molar refractivity (Wildman–Crippen MR) is 176 cm³/mol. The fourth-order valence-electron chi connectivity index (χ4n) is 5.24. The van der Waals surface area contributed by atoms with Gasteiger partial charge in [-0.05, 0) is 28.5 Å². The molecule has 3 aromatic carbocycles. The molecule has 0 aliphatic heterocycles. The number of ether oxygens (including phenoxy) is 1. The molecule has 230 valence electrons. The number of Topliss-reactive ketones (excluding diaryl/α,β-unsaturated/α-hetero) is 1. The van der Waals surface area contributed by atoms with Crippen LogP contribution in [0.5, 0.6) is 0 Å². The highest BCUT2D eigenvalue weighted by Crippen LogP contribution is 2.49. The summed E-state index contributed by atoms with van der Waals surface area (Å²) in [5, 5.41) is 2.94. The van der Waals surface area contributed by atoms with Crippen LogP contribution in [-0.2, 0) is 23.9 Å². The number of carbonyl (C=O) groups excluding carboxylic acids is 3. The van der Waals surface area contributed by atoms with Crippen molar-refractivity contribution in [2.75, 3.05) is 12.9 Å². The molecule has 0 aliphatic rings. The van der Waals surface area contributed by atoms with Crippen LogP contribution >= 0.6 is 11.8 Å². The summed E-state index contributed by atoms with van der Waals surface area (Å²) >= 11 is 1.62. The molecule has 0 fully saturated rings. The Morgan fingerprint density at radius 1 is 0.791 bits per heavy atom. The van der Waals surface area contributed by atoms with Gasteiger partial charge in [0.05, 0.1) is 23.8 Å². The standard InChI is InChI=1S/C36H46N2O4S/c1-6-25(3)32(37)31(39)23-27(34(40)38-33(26(4)7-2)35(41)42-5)24-43-36(28-17-11-8-12-18-28,29-19-13-9-14-20-29)30-21-15-10-16-22-30/h8-22,25-27,32-33H,6-7,23-24,37H2,1-5H3,(H,38,40)/t25-,26-,27-,32-,33-/m0/s1. The molecule has 3 N–H and O–H groups in total. The molecule has 6 nitrogen and oxygen atoms in total. The van der Waals surface area contributed by atoms with Crippen LogP contribution in [0.15, 0.2) is 91.0 Å². The number of rotatable bonds is 16. The van der Waals surface area contributed by atoms with E-state index in [1.54, 1.807) is 11.8 Å². The van der Waals surface area contributed by atoms with Gasteiger partial charge in [-0.2, -0.15) is 0 Å². The Labute approximate surface area is 261 Å². The van der Waals surface area contributed by atoms with Gasteiger partial charge in [0.1, 0.15) is 6.04 Å². The van der Waals surface area contributed by atoms with Crippen LogP contribution in [0.3, 0.4) is 0 Å². The van der Waals surface area contributed by atoms with Crippen molar-refractivity contribution in [1.82, 2.24) is 5.32 Å². The average Bonchev–Trinajstić information content (AvgIpc) is 3.06. The summed E-state index contributed by atoms with van der Waals surface area (Å²) in [6.07, 6.45) is 1.42. The smallest absolute Gasteiger partial charge is 0.328 e. The summed E-state index contributed by atoms with van der Waals surface area (Å²) in [4.78, 5) is 40.1. The van der Waals surface area contributed by atoms with Gasteiger partial charge in [-0.1, -0.05) is 132 Å². The van der Waals surface area contributed by atoms with Gasteiger partial charge < -0.3 is 15.8 Å². The van der Waals surface area contributed by atoms with Gasteiger partial charge in [-0.15, -0.1) is 11.8 Å². The maximum absolute atomic E-state index is 14.0. The summed E-state index contributed by atoms with van der Waals surface area (Å²) < 4.78 is 4.36. The van der Waals surface area contributed by atoms with Crippen LogP contribution in [0.4, 0.5) is 0 Å². The molecule has 0 aliphatic carbocycles. The zero-order valence-corrected chi connectivity index (χ0v) is 26.8. The highest BCUT2D eigenvalue weighted by atomic mass is 32.2. The van der Waals surface area contributed by atoms with E-state index in [9.17, 15) is 14.4 Å². The number of ketones is 1. The van der Waals surface area contributed by atoms with E-state index in [-0.39, 0.29) is 29.9 Å². The summed E-state index contributed by atoms with van der Waals surface area (Å²) in [7, 11) is 1.32. The van der Waals surface area contributed by atoms with E-state index in [2.05, 4.69) is 41.7 Å². The first-order chi connectivity index (χ1) is 20.7. The second-order valence-electron chi connectivity index (χ2n) is 11.3. The molecule has 1 amide bonds. The minimum absolute atomic E-state index is 0.0103. The first kappa shape index (κ1) is 34.1. The number of nitrogens with one attached hydrogen (secondary N) is 1. The number of nitrogens with two attached hydrogens (primary N) is 1. The lowest BCUT2D eigenvalue weighted by molar-refractivity contribution is -0.147. The maximum Gasteiger partial charge on any atom is 0.328 e. The Hall–Kier alpha value is -3.42. The fourth-order valence-corrected chi connectivity index (χ4v) is 6.87. The van der Waals surface area contributed by atoms with E-state index in [4.69, 9.17) is 10.5 Å². The third kappa shape index (κ3) is 8.36. The third-order valence-electron chi connectivity index (χ3n) is 8.45. The van der Waals surface area contributed by atoms with Crippen LogP contribution < -0.4 is 11.1 Å². The Morgan fingerprint density at radius 2 is 1.23 bits per heavy atom. The van der Waals surface area contributed by atoms with Crippen molar-refractivity contribution < 1.29 is 19.1 Å². The van der Waals surface area contributed by atoms with E-state index in [1.807, 2.05) is 82.3 Å². The van der Waals surface area contributed by atoms with Gasteiger partial charge in [-0.3, -0.25) is 9.59 Å². The third-order valence-corrected chi connectivity index (χ3v) is 10.2. The molecule has 0 spiro atoms. The zero-order chi connectivity index (χ0) is 31.4. The summed E-state index contributed by atoms with van der Waals surface area (Å²) in [6, 6.07) is 29.2. The number of thioether (sulfide) groups is 1. The lowest BCUT2D eigenvalue weighted by Gasteiger charge is -2.36. The molecule has 0 bridgehead atoms. The molecule has 3 aromatic rings. The first-order valence-electron chi connectivity index (χ1n) is 15.2. The molecule has 0 heterocycles. The van der Waals surface area contributed by atoms with Crippen molar-refractivity contribution in [2.24, 2.45) is 23.5 Å². The van der Waals surface area contributed by atoms with Gasteiger partial charge in [-0.25, -0.2) is 4.79 Å². The minimum atomic E-state index is -0.810. The second kappa shape index (κ2) is 16.4. The average molecular weight is 603 g/mol. The first-order valence-corrected chi connectivity index (χ1v) is 16.1. The Kier molecular flexibility index (Phi) is 13.0. The number of amides is 1. The van der Waals surface area contributed by atoms with E-state index < -0.39 is 28.7 Å². The predicted octanol–water partition coefficient (Wildman–Crippen LogP) is 6.36. The van der Waals surface area contributed by atoms with E-state index in [0.29, 0.717) is 12.2 Å². The van der Waals surface area contributed by atoms with Crippen LogP contribution in [0.1, 0.15) is 63.6 Å². The summed E-state index contributed by atoms with van der Waals surface area (Å²) in [5.74, 6) is -1.56. The van der Waals surface area contributed by atoms with Crippen molar-refractivity contribution >= 4 is 29.4 Å². The molecule has 3 rings (SSSR count). The largest absolute Gasteiger partial charge is 0.467 e. The molecule has 0 aromatic heterocycles. The molecule has 43 heavy (non-hydrogen) atoms. The highest BCUT2D eigenvalue weighted by molar-refractivity contribution is 8.00. The minimum Gasteiger partial charge on any atom is -0.467 e. The summed E-state index contributed by atoms with van der Waals surface area (Å²) in [5.41, 5.74) is 9.54. The number of hydrogen-bond acceptors (Lipinski definition) is 6. The fraction of sp³-hybridized carbons (Fsp3) is 0.417. The Balaban J connectivity index is 2.08. The van der Waals surface area contributed by atoms with Gasteiger partial charge in [0, 0.05) is 12.2 Å². The quantitative estimate of drug-likeness (QED) is 0.146. The summed E-state index contributed by atoms with van der Waals surface area (Å²) in [6.45, 7) is 7.82. The van der Waals surface area contributed by atoms with Crippen molar-refractivity contribution in [3.05, 3.63) is 108 Å². The molecule has 0 unspecified atom stereocenters. The maximum atomic E-state index is 14.0. The number of hydrogen-bond donors (Lipinski definition) is 2. The van der Waals surface area contributed by atoms with E-state index >= 15 is 0 Å². The molecular weight excluding hydrogens is 556 g/mol. The molecule has 0 radical (unpaired) electrons. The van der Waals surface area contributed by atoms with Crippen molar-refractivity contribution in [2.45, 2.75) is 63.8 Å². The topological polar surface area (TPSA) is 98.5 Å². The van der Waals surface area contributed by atoms with E-state index in [1.165, 1.54) is 7.11 Å². The van der Waals surface area contributed by atoms with Gasteiger partial charge in [0.15, 0.2) is 5.78 Å². The zero-order valence-electron chi connectivity index (χ0n) is 26.0. The number of carbonyl (C=O) groups is 3. The highest BCUT2D eigenvalue weighted by Gasteiger charge is 2.40.